The zero-order chi connectivity index (χ0) is 40.6. The molecule has 1 amide bonds. The van der Waals surface area contributed by atoms with E-state index in [0.717, 1.165) is 82.7 Å². The average molecular weight is 776 g/mol. The molecule has 9 heteroatoms. The lowest BCUT2D eigenvalue weighted by molar-refractivity contribution is -0.250. The number of aryl methyl sites for hydroxylation is 1. The van der Waals surface area contributed by atoms with Crippen molar-refractivity contribution >= 4 is 17.8 Å². The highest BCUT2D eigenvalue weighted by atomic mass is 16.5. The highest BCUT2D eigenvalue weighted by Gasteiger charge is 2.71. The summed E-state index contributed by atoms with van der Waals surface area (Å²) in [5.41, 5.74) is 1.99. The van der Waals surface area contributed by atoms with Crippen molar-refractivity contribution in [2.24, 2.45) is 62.1 Å². The topological polar surface area (TPSA) is 113 Å². The van der Waals surface area contributed by atoms with Crippen LogP contribution in [0.4, 0.5) is 0 Å². The van der Waals surface area contributed by atoms with Crippen LogP contribution in [0.3, 0.4) is 0 Å². The second-order valence-corrected chi connectivity index (χ2v) is 22.1. The first-order valence-electron chi connectivity index (χ1n) is 22.1. The summed E-state index contributed by atoms with van der Waals surface area (Å²) in [6, 6.07) is 2.01. The zero-order valence-electron chi connectivity index (χ0n) is 36.3. The highest BCUT2D eigenvalue weighted by Crippen LogP contribution is 2.78. The number of hydrogen-bond donors (Lipinski definition) is 1. The Balaban J connectivity index is 1.06. The Morgan fingerprint density at radius 2 is 1.62 bits per heavy atom. The molecular weight excluding hydrogens is 703 g/mol. The van der Waals surface area contributed by atoms with Crippen LogP contribution in [0.5, 0.6) is 0 Å². The number of carbonyl (C=O) groups excluding carboxylic acids is 2. The van der Waals surface area contributed by atoms with E-state index in [1.165, 1.54) is 31.3 Å². The first-order chi connectivity index (χ1) is 26.1. The molecule has 1 saturated heterocycles. The molecule has 5 aliphatic carbocycles. The van der Waals surface area contributed by atoms with Gasteiger partial charge in [-0.3, -0.25) is 19.3 Å². The van der Waals surface area contributed by atoms with Crippen LogP contribution in [0.1, 0.15) is 150 Å². The number of rotatable bonds is 10. The van der Waals surface area contributed by atoms with Crippen LogP contribution in [0, 0.1) is 69.0 Å². The fraction of sp³-hybridized carbons (Fsp3) is 0.830. The third-order valence-corrected chi connectivity index (χ3v) is 18.0. The van der Waals surface area contributed by atoms with Gasteiger partial charge >= 0.3 is 11.9 Å². The standard InChI is InChI=1S/C47H73N3O6/c1-30(2)33-13-18-47(26-38(51)50-23-21-49(22-24-50)29-32-25-31(3)48-56-32)20-19-45(9)34(41(33)47)11-12-36-44(8)16-15-37(43(6,7)35(44)14-17-46(36,45)10)55-40(54)28-42(4,5)27-39(52)53/h25,33-37,41H,1,11-24,26-29H2,2-10H3,(H,52,53)/t33-,34+,35-,36+,37-,41+,44-,45+,46+,47+/m0/s1. The summed E-state index contributed by atoms with van der Waals surface area (Å²) in [4.78, 5) is 43.6. The number of fused-ring (bicyclic) bond motifs is 7. The molecule has 7 rings (SSSR count). The van der Waals surface area contributed by atoms with E-state index in [9.17, 15) is 19.5 Å². The lowest BCUT2D eigenvalue weighted by atomic mass is 9.32. The van der Waals surface area contributed by atoms with E-state index in [-0.39, 0.29) is 52.0 Å². The lowest BCUT2D eigenvalue weighted by Crippen LogP contribution is -2.67. The van der Waals surface area contributed by atoms with E-state index in [2.05, 4.69) is 63.1 Å². The molecule has 312 valence electrons. The van der Waals surface area contributed by atoms with Crippen molar-refractivity contribution in [2.45, 2.75) is 158 Å². The SMILES string of the molecule is C=C(C)[C@@H]1CC[C@]2(CC(=O)N3CCN(Cc4cc(C)no4)CC3)CC[C@]3(C)[C@H](CC[C@@H]4[C@@]5(C)CC[C@H](OC(=O)CC(C)(C)CC(=O)O)C(C)(C)[C@@H]5CC[C@]43C)[C@@H]12. The van der Waals surface area contributed by atoms with E-state index in [0.29, 0.717) is 41.9 Å². The minimum absolute atomic E-state index is 0.0482. The molecule has 1 aliphatic heterocycles. The molecule has 0 unspecified atom stereocenters. The molecule has 6 fully saturated rings. The summed E-state index contributed by atoms with van der Waals surface area (Å²) >= 11 is 0. The van der Waals surface area contributed by atoms with Crippen molar-refractivity contribution in [3.63, 3.8) is 0 Å². The summed E-state index contributed by atoms with van der Waals surface area (Å²) in [5.74, 6) is 2.70. The molecule has 2 heterocycles. The van der Waals surface area contributed by atoms with Gasteiger partial charge in [-0.15, -0.1) is 0 Å². The van der Waals surface area contributed by atoms with Crippen molar-refractivity contribution in [1.82, 2.24) is 15.0 Å². The van der Waals surface area contributed by atoms with Crippen molar-refractivity contribution in [1.29, 1.82) is 0 Å². The Morgan fingerprint density at radius 3 is 2.27 bits per heavy atom. The average Bonchev–Trinajstić information content (AvgIpc) is 3.69. The third-order valence-electron chi connectivity index (χ3n) is 18.0. The molecule has 0 spiro atoms. The lowest BCUT2D eigenvalue weighted by Gasteiger charge is -2.73. The van der Waals surface area contributed by atoms with Crippen LogP contribution in [-0.4, -0.2) is 70.2 Å². The molecule has 1 aromatic heterocycles. The Morgan fingerprint density at radius 1 is 0.911 bits per heavy atom. The predicted octanol–water partition coefficient (Wildman–Crippen LogP) is 9.48. The predicted molar refractivity (Wildman–Crippen MR) is 217 cm³/mol. The summed E-state index contributed by atoms with van der Waals surface area (Å²) in [6.07, 6.45) is 11.9. The molecular formula is C47H73N3O6. The van der Waals surface area contributed by atoms with Crippen molar-refractivity contribution in [3.05, 3.63) is 29.7 Å². The number of ether oxygens (including phenoxy) is 1. The van der Waals surface area contributed by atoms with E-state index in [4.69, 9.17) is 9.26 Å². The summed E-state index contributed by atoms with van der Waals surface area (Å²) < 4.78 is 11.8. The Kier molecular flexibility index (Phi) is 10.8. The van der Waals surface area contributed by atoms with Gasteiger partial charge < -0.3 is 19.3 Å². The van der Waals surface area contributed by atoms with E-state index in [1.807, 2.05) is 26.8 Å². The van der Waals surface area contributed by atoms with Crippen molar-refractivity contribution in [2.75, 3.05) is 26.2 Å². The van der Waals surface area contributed by atoms with E-state index < -0.39 is 11.4 Å². The number of nitrogens with zero attached hydrogens (tertiary/aromatic N) is 3. The fourth-order valence-corrected chi connectivity index (χ4v) is 15.1. The highest BCUT2D eigenvalue weighted by molar-refractivity contribution is 5.77. The number of piperazine rings is 1. The number of hydrogen-bond acceptors (Lipinski definition) is 7. The molecule has 6 aliphatic rings. The van der Waals surface area contributed by atoms with Gasteiger partial charge in [-0.1, -0.05) is 65.8 Å². The molecule has 5 saturated carbocycles. The van der Waals surface area contributed by atoms with Crippen LogP contribution in [0.2, 0.25) is 0 Å². The number of allylic oxidation sites excluding steroid dienone is 1. The van der Waals surface area contributed by atoms with Gasteiger partial charge in [0.25, 0.3) is 0 Å². The summed E-state index contributed by atoms with van der Waals surface area (Å²) in [5, 5.41) is 13.4. The molecule has 0 radical (unpaired) electrons. The Labute approximate surface area is 337 Å². The van der Waals surface area contributed by atoms with Crippen LogP contribution < -0.4 is 0 Å². The second kappa shape index (κ2) is 14.5. The van der Waals surface area contributed by atoms with Gasteiger partial charge in [0.15, 0.2) is 5.76 Å². The number of aromatic nitrogens is 1. The molecule has 1 aromatic rings. The maximum atomic E-state index is 14.3. The molecule has 9 nitrogen and oxygen atoms in total. The maximum absolute atomic E-state index is 14.3. The number of amides is 1. The first kappa shape index (κ1) is 41.5. The Hall–Kier alpha value is -2.68. The number of esters is 1. The molecule has 1 N–H and O–H groups in total. The quantitative estimate of drug-likeness (QED) is 0.185. The summed E-state index contributed by atoms with van der Waals surface area (Å²) in [6.45, 7) is 29.1. The van der Waals surface area contributed by atoms with Gasteiger partial charge in [0.05, 0.1) is 25.1 Å². The van der Waals surface area contributed by atoms with Crippen molar-refractivity contribution < 1.29 is 28.8 Å². The van der Waals surface area contributed by atoms with Crippen LogP contribution in [0.25, 0.3) is 0 Å². The van der Waals surface area contributed by atoms with Gasteiger partial charge in [0.2, 0.25) is 5.91 Å². The van der Waals surface area contributed by atoms with Gasteiger partial charge in [-0.25, -0.2) is 0 Å². The first-order valence-corrected chi connectivity index (χ1v) is 22.1. The largest absolute Gasteiger partial charge is 0.481 e. The maximum Gasteiger partial charge on any atom is 0.306 e. The second-order valence-electron chi connectivity index (χ2n) is 22.1. The van der Waals surface area contributed by atoms with Gasteiger partial charge in [0.1, 0.15) is 6.10 Å². The van der Waals surface area contributed by atoms with Crippen LogP contribution >= 0.6 is 0 Å². The number of carboxylic acid groups (broad SMARTS) is 1. The Bertz CT molecular complexity index is 1690. The van der Waals surface area contributed by atoms with E-state index in [1.54, 1.807) is 0 Å². The molecule has 56 heavy (non-hydrogen) atoms. The normalized spacial score (nSPS) is 39.5. The van der Waals surface area contributed by atoms with E-state index >= 15 is 0 Å². The van der Waals surface area contributed by atoms with Gasteiger partial charge in [-0.2, -0.15) is 0 Å². The van der Waals surface area contributed by atoms with Crippen LogP contribution in [0.15, 0.2) is 22.7 Å². The zero-order valence-corrected chi connectivity index (χ0v) is 36.3. The molecule has 0 aromatic carbocycles. The smallest absolute Gasteiger partial charge is 0.306 e. The monoisotopic (exact) mass is 776 g/mol. The molecule has 10 atom stereocenters. The molecule has 0 bridgehead atoms. The van der Waals surface area contributed by atoms with Gasteiger partial charge in [0, 0.05) is 44.1 Å². The fourth-order valence-electron chi connectivity index (χ4n) is 15.1. The minimum atomic E-state index is -0.884. The summed E-state index contributed by atoms with van der Waals surface area (Å²) in [7, 11) is 0. The van der Waals surface area contributed by atoms with Crippen LogP contribution in [-0.2, 0) is 25.7 Å². The number of aliphatic carboxylic acids is 1. The van der Waals surface area contributed by atoms with Gasteiger partial charge in [-0.05, 0) is 135 Å². The number of carboxylic acids is 1. The number of carbonyl (C=O) groups is 3. The minimum Gasteiger partial charge on any atom is -0.481 e. The third kappa shape index (κ3) is 6.99. The van der Waals surface area contributed by atoms with Crippen molar-refractivity contribution in [3.8, 4) is 0 Å².